The third-order valence-electron chi connectivity index (χ3n) is 10.1. The van der Waals surface area contributed by atoms with Gasteiger partial charge in [-0.2, -0.15) is 0 Å². The fourth-order valence-corrected chi connectivity index (χ4v) is 8.15. The van der Waals surface area contributed by atoms with E-state index in [0.29, 0.717) is 30.0 Å². The Kier molecular flexibility index (Phi) is 11.3. The lowest BCUT2D eigenvalue weighted by Gasteiger charge is -2.40. The van der Waals surface area contributed by atoms with Gasteiger partial charge in [0.05, 0.1) is 47.3 Å². The first-order valence-corrected chi connectivity index (χ1v) is 17.3. The zero-order valence-electron chi connectivity index (χ0n) is 28.3. The molecular formula is C38H46ClN3O7. The summed E-state index contributed by atoms with van der Waals surface area (Å²) in [7, 11) is 0. The lowest BCUT2D eigenvalue weighted by atomic mass is 9.70. The summed E-state index contributed by atoms with van der Waals surface area (Å²) in [5, 5.41) is 14.0. The van der Waals surface area contributed by atoms with Crippen LogP contribution in [0.25, 0.3) is 0 Å². The van der Waals surface area contributed by atoms with Crippen molar-refractivity contribution in [3.63, 3.8) is 0 Å². The van der Waals surface area contributed by atoms with Gasteiger partial charge in [-0.1, -0.05) is 80.1 Å². The van der Waals surface area contributed by atoms with E-state index in [1.54, 1.807) is 24.3 Å². The predicted molar refractivity (Wildman–Crippen MR) is 187 cm³/mol. The molecule has 1 spiro atoms. The molecule has 3 amide bonds. The number of para-hydroxylation sites is 1. The number of aliphatic hydroxyl groups is 1. The van der Waals surface area contributed by atoms with Crippen LogP contribution >= 0.6 is 11.6 Å². The number of likely N-dealkylation sites (tertiary alicyclic amines) is 1. The number of fused-ring (bicyclic) bond motifs is 1. The first-order chi connectivity index (χ1) is 23.5. The van der Waals surface area contributed by atoms with Crippen LogP contribution in [0.4, 0.5) is 5.69 Å². The van der Waals surface area contributed by atoms with E-state index in [-0.39, 0.29) is 32.1 Å². The molecule has 262 valence electrons. The van der Waals surface area contributed by atoms with Crippen molar-refractivity contribution in [1.29, 1.82) is 0 Å². The van der Waals surface area contributed by atoms with E-state index in [9.17, 15) is 24.3 Å². The van der Waals surface area contributed by atoms with Crippen molar-refractivity contribution in [2.75, 3.05) is 24.7 Å². The minimum absolute atomic E-state index is 0.103. The number of carbonyl (C=O) groups excluding carboxylic acids is 4. The van der Waals surface area contributed by atoms with Crippen LogP contribution in [0, 0.1) is 24.7 Å². The Balaban J connectivity index is 1.52. The number of amides is 3. The summed E-state index contributed by atoms with van der Waals surface area (Å²) < 4.78 is 12.2. The molecular weight excluding hydrogens is 646 g/mol. The highest BCUT2D eigenvalue weighted by atomic mass is 35.5. The molecule has 0 aliphatic carbocycles. The Bertz CT molecular complexity index is 1560. The highest BCUT2D eigenvalue weighted by molar-refractivity contribution is 6.34. The number of hydrogen-bond acceptors (Lipinski definition) is 7. The molecule has 0 unspecified atom stereocenters. The average molecular weight is 692 g/mol. The molecule has 2 bridgehead atoms. The van der Waals surface area contributed by atoms with Crippen molar-refractivity contribution in [1.82, 2.24) is 10.2 Å². The Morgan fingerprint density at radius 2 is 1.90 bits per heavy atom. The van der Waals surface area contributed by atoms with Gasteiger partial charge in [0.15, 0.2) is 0 Å². The maximum atomic E-state index is 14.9. The number of aryl methyl sites for hydroxylation is 1. The summed E-state index contributed by atoms with van der Waals surface area (Å²) in [5.74, 6) is -3.76. The molecule has 3 heterocycles. The molecule has 3 aliphatic heterocycles. The first-order valence-electron chi connectivity index (χ1n) is 16.9. The standard InChI is InChI=1S/C38H46ClN3O7/c1-6-8-17-30(44)48-22-27(25-14-10-9-11-15-25)40-35(45)31-29-18-19-38(49-29)32(31)36(46)42(28(21-43)23(3)4)34(38)37(47)41(20-7-2)33-24(5)13-12-16-26(33)39/h6-7,9-16,23,27-29,31-32,34,43H,1-2,8,17-22H2,3-5H3,(H,40,45)/t27-,28+,29-,31+,32+,34-,38+/m1/s1. The second-order valence-electron chi connectivity index (χ2n) is 13.4. The lowest BCUT2D eigenvalue weighted by molar-refractivity contribution is -0.147. The van der Waals surface area contributed by atoms with Crippen LogP contribution in [0.2, 0.25) is 5.02 Å². The number of allylic oxidation sites excluding steroid dienone is 1. The highest BCUT2D eigenvalue weighted by Crippen LogP contribution is 2.59. The van der Waals surface area contributed by atoms with Crippen LogP contribution in [0.1, 0.15) is 56.7 Å². The summed E-state index contributed by atoms with van der Waals surface area (Å²) in [6.45, 7) is 12.8. The minimum atomic E-state index is -1.31. The number of nitrogens with one attached hydrogen (secondary N) is 1. The van der Waals surface area contributed by atoms with E-state index < -0.39 is 65.4 Å². The predicted octanol–water partition coefficient (Wildman–Crippen LogP) is 4.93. The Hall–Kier alpha value is -3.99. The van der Waals surface area contributed by atoms with Gasteiger partial charge < -0.3 is 29.7 Å². The van der Waals surface area contributed by atoms with E-state index in [1.807, 2.05) is 57.2 Å². The minimum Gasteiger partial charge on any atom is -0.463 e. The van der Waals surface area contributed by atoms with Gasteiger partial charge in [-0.15, -0.1) is 13.2 Å². The van der Waals surface area contributed by atoms with Gasteiger partial charge in [0.1, 0.15) is 18.2 Å². The Morgan fingerprint density at radius 1 is 1.16 bits per heavy atom. The van der Waals surface area contributed by atoms with Gasteiger partial charge in [-0.3, -0.25) is 19.2 Å². The number of halogens is 1. The summed E-state index contributed by atoms with van der Waals surface area (Å²) in [5.41, 5.74) is 0.689. The quantitative estimate of drug-likeness (QED) is 0.201. The van der Waals surface area contributed by atoms with E-state index >= 15 is 0 Å². The topological polar surface area (TPSA) is 125 Å². The molecule has 0 aromatic heterocycles. The number of aliphatic hydroxyl groups excluding tert-OH is 1. The third-order valence-corrected chi connectivity index (χ3v) is 10.4. The molecule has 3 saturated heterocycles. The molecule has 0 saturated carbocycles. The van der Waals surface area contributed by atoms with Crippen LogP contribution in [-0.4, -0.2) is 77.2 Å². The van der Waals surface area contributed by atoms with Gasteiger partial charge in [0.25, 0.3) is 5.91 Å². The number of ether oxygens (including phenoxy) is 2. The molecule has 5 rings (SSSR count). The number of esters is 1. The van der Waals surface area contributed by atoms with Gasteiger partial charge in [0, 0.05) is 13.0 Å². The first kappa shape index (κ1) is 36.3. The van der Waals surface area contributed by atoms with E-state index in [2.05, 4.69) is 18.5 Å². The van der Waals surface area contributed by atoms with Crippen molar-refractivity contribution < 1.29 is 33.8 Å². The van der Waals surface area contributed by atoms with E-state index in [4.69, 9.17) is 21.1 Å². The second kappa shape index (κ2) is 15.3. The average Bonchev–Trinajstić information content (AvgIpc) is 3.73. The SMILES string of the molecule is C=CCCC(=O)OC[C@@H](NC(=O)[C@@H]1[C@H]2C(=O)N([C@@H](CO)C(C)C)[C@H](C(=O)N(CC=C)c3c(C)cccc3Cl)[C@]23CC[C@H]1O3)c1ccccc1. The van der Waals surface area contributed by atoms with E-state index in [1.165, 1.54) is 9.80 Å². The molecule has 7 atom stereocenters. The molecule has 10 nitrogen and oxygen atoms in total. The summed E-state index contributed by atoms with van der Waals surface area (Å²) in [6, 6.07) is 12.0. The summed E-state index contributed by atoms with van der Waals surface area (Å²) in [4.78, 5) is 59.3. The number of carbonyl (C=O) groups is 4. The fraction of sp³-hybridized carbons (Fsp3) is 0.474. The Labute approximate surface area is 293 Å². The normalized spacial score (nSPS) is 25.1. The van der Waals surface area contributed by atoms with Crippen molar-refractivity contribution in [3.8, 4) is 0 Å². The molecule has 11 heteroatoms. The van der Waals surface area contributed by atoms with Crippen LogP contribution in [0.5, 0.6) is 0 Å². The van der Waals surface area contributed by atoms with Crippen LogP contribution in [0.3, 0.4) is 0 Å². The van der Waals surface area contributed by atoms with Crippen molar-refractivity contribution in [2.24, 2.45) is 17.8 Å². The zero-order valence-corrected chi connectivity index (χ0v) is 29.1. The number of rotatable bonds is 15. The van der Waals surface area contributed by atoms with Gasteiger partial charge >= 0.3 is 5.97 Å². The van der Waals surface area contributed by atoms with Crippen LogP contribution < -0.4 is 10.2 Å². The number of hydrogen-bond donors (Lipinski definition) is 2. The lowest BCUT2D eigenvalue weighted by Crippen LogP contribution is -2.60. The molecule has 2 aromatic carbocycles. The molecule has 3 fully saturated rings. The fourth-order valence-electron chi connectivity index (χ4n) is 7.82. The third kappa shape index (κ3) is 6.78. The molecule has 3 aliphatic rings. The number of anilines is 1. The maximum Gasteiger partial charge on any atom is 0.306 e. The molecule has 2 N–H and O–H groups in total. The Morgan fingerprint density at radius 3 is 2.53 bits per heavy atom. The number of benzene rings is 2. The monoisotopic (exact) mass is 691 g/mol. The van der Waals surface area contributed by atoms with Gasteiger partial charge in [0.2, 0.25) is 11.8 Å². The van der Waals surface area contributed by atoms with Crippen molar-refractivity contribution in [3.05, 3.63) is 90.0 Å². The van der Waals surface area contributed by atoms with E-state index in [0.717, 1.165) is 11.1 Å². The largest absolute Gasteiger partial charge is 0.463 e. The number of nitrogens with zero attached hydrogens (tertiary/aromatic N) is 2. The molecule has 0 radical (unpaired) electrons. The van der Waals surface area contributed by atoms with Crippen LogP contribution in [0.15, 0.2) is 73.8 Å². The summed E-state index contributed by atoms with van der Waals surface area (Å²) in [6.07, 6.45) is 4.10. The smallest absolute Gasteiger partial charge is 0.306 e. The molecule has 2 aromatic rings. The van der Waals surface area contributed by atoms with Gasteiger partial charge in [-0.25, -0.2) is 0 Å². The van der Waals surface area contributed by atoms with Crippen molar-refractivity contribution in [2.45, 2.75) is 76.3 Å². The maximum absolute atomic E-state index is 14.9. The van der Waals surface area contributed by atoms with Crippen molar-refractivity contribution >= 4 is 41.0 Å². The highest BCUT2D eigenvalue weighted by Gasteiger charge is 2.75. The summed E-state index contributed by atoms with van der Waals surface area (Å²) >= 11 is 6.67. The zero-order chi connectivity index (χ0) is 35.5. The molecule has 49 heavy (non-hydrogen) atoms. The van der Waals surface area contributed by atoms with Gasteiger partial charge in [-0.05, 0) is 49.3 Å². The second-order valence-corrected chi connectivity index (χ2v) is 13.8. The van der Waals surface area contributed by atoms with Crippen LogP contribution in [-0.2, 0) is 28.7 Å².